The molecule has 0 bridgehead atoms. The SMILES string of the molecule is C[C@@H]1C(=O)CC[C@]2(c3ccccc3)c3n[nH]c(-c4ccc(CCO)cc4)c3CC[C@@H]12. The van der Waals surface area contributed by atoms with Crippen molar-refractivity contribution in [2.75, 3.05) is 6.61 Å². The lowest BCUT2D eigenvalue weighted by molar-refractivity contribution is -0.128. The lowest BCUT2D eigenvalue weighted by atomic mass is 9.53. The largest absolute Gasteiger partial charge is 0.396 e. The highest BCUT2D eigenvalue weighted by molar-refractivity contribution is 5.83. The zero-order chi connectivity index (χ0) is 20.7. The molecule has 0 saturated heterocycles. The van der Waals surface area contributed by atoms with Crippen LogP contribution in [0.15, 0.2) is 54.6 Å². The summed E-state index contributed by atoms with van der Waals surface area (Å²) in [6, 6.07) is 19.1. The van der Waals surface area contributed by atoms with Crippen molar-refractivity contribution in [3.63, 3.8) is 0 Å². The Balaban J connectivity index is 1.64. The summed E-state index contributed by atoms with van der Waals surface area (Å²) in [6.45, 7) is 2.28. The smallest absolute Gasteiger partial charge is 0.136 e. The van der Waals surface area contributed by atoms with Gasteiger partial charge in [0.15, 0.2) is 0 Å². The lowest BCUT2D eigenvalue weighted by Gasteiger charge is -2.49. The molecule has 2 aromatic carbocycles. The van der Waals surface area contributed by atoms with E-state index in [1.165, 1.54) is 11.1 Å². The topological polar surface area (TPSA) is 66.0 Å². The molecule has 0 radical (unpaired) electrons. The molecule has 3 aromatic rings. The fourth-order valence-corrected chi connectivity index (χ4v) is 5.89. The van der Waals surface area contributed by atoms with Crippen molar-refractivity contribution in [2.24, 2.45) is 11.8 Å². The molecule has 2 aliphatic carbocycles. The summed E-state index contributed by atoms with van der Waals surface area (Å²) in [5.74, 6) is 0.743. The molecule has 154 valence electrons. The minimum absolute atomic E-state index is 0.0602. The average Bonchev–Trinajstić information content (AvgIpc) is 3.22. The number of hydrogen-bond donors (Lipinski definition) is 2. The van der Waals surface area contributed by atoms with Gasteiger partial charge in [0.1, 0.15) is 5.78 Å². The molecule has 0 spiro atoms. The molecule has 1 saturated carbocycles. The summed E-state index contributed by atoms with van der Waals surface area (Å²) in [6.07, 6.45) is 4.06. The van der Waals surface area contributed by atoms with Crippen LogP contribution in [0.5, 0.6) is 0 Å². The van der Waals surface area contributed by atoms with Crippen molar-refractivity contribution in [1.82, 2.24) is 10.2 Å². The first kappa shape index (κ1) is 19.3. The number of H-pyrrole nitrogens is 1. The van der Waals surface area contributed by atoms with Crippen molar-refractivity contribution in [3.8, 4) is 11.3 Å². The van der Waals surface area contributed by atoms with Crippen LogP contribution >= 0.6 is 0 Å². The molecule has 5 rings (SSSR count). The Kier molecular flexibility index (Phi) is 4.82. The second-order valence-corrected chi connectivity index (χ2v) is 8.83. The molecule has 2 N–H and O–H groups in total. The maximum atomic E-state index is 12.6. The predicted octanol–water partition coefficient (Wildman–Crippen LogP) is 4.46. The maximum Gasteiger partial charge on any atom is 0.136 e. The normalized spacial score (nSPS) is 25.6. The van der Waals surface area contributed by atoms with E-state index in [0.29, 0.717) is 18.6 Å². The highest BCUT2D eigenvalue weighted by Gasteiger charge is 2.53. The van der Waals surface area contributed by atoms with Gasteiger partial charge in [0.2, 0.25) is 0 Å². The number of Topliss-reactive ketones (excluding diaryl/α,β-unsaturated/α-hetero) is 1. The summed E-state index contributed by atoms with van der Waals surface area (Å²) < 4.78 is 0. The van der Waals surface area contributed by atoms with E-state index in [9.17, 15) is 9.90 Å². The number of hydrogen-bond acceptors (Lipinski definition) is 3. The lowest BCUT2D eigenvalue weighted by Crippen LogP contribution is -2.49. The van der Waals surface area contributed by atoms with E-state index < -0.39 is 0 Å². The van der Waals surface area contributed by atoms with Gasteiger partial charge in [0.05, 0.1) is 11.4 Å². The van der Waals surface area contributed by atoms with Crippen LogP contribution in [-0.2, 0) is 23.1 Å². The van der Waals surface area contributed by atoms with Gasteiger partial charge in [0.25, 0.3) is 0 Å². The number of fused-ring (bicyclic) bond motifs is 3. The molecule has 4 heteroatoms. The van der Waals surface area contributed by atoms with Crippen LogP contribution in [0.25, 0.3) is 11.3 Å². The van der Waals surface area contributed by atoms with Crippen molar-refractivity contribution >= 4 is 5.78 Å². The van der Waals surface area contributed by atoms with Crippen molar-refractivity contribution in [2.45, 2.75) is 44.4 Å². The van der Waals surface area contributed by atoms with Crippen molar-refractivity contribution in [3.05, 3.63) is 77.0 Å². The number of aromatic amines is 1. The number of aliphatic hydroxyl groups excluding tert-OH is 1. The Morgan fingerprint density at radius 3 is 2.60 bits per heavy atom. The fraction of sp³-hybridized carbons (Fsp3) is 0.385. The van der Waals surface area contributed by atoms with Gasteiger partial charge in [-0.1, -0.05) is 61.5 Å². The van der Waals surface area contributed by atoms with Crippen LogP contribution in [0.4, 0.5) is 0 Å². The van der Waals surface area contributed by atoms with E-state index in [2.05, 4.69) is 66.6 Å². The van der Waals surface area contributed by atoms with Gasteiger partial charge in [-0.15, -0.1) is 0 Å². The Labute approximate surface area is 177 Å². The number of nitrogens with zero attached hydrogens (tertiary/aromatic N) is 1. The summed E-state index contributed by atoms with van der Waals surface area (Å²) in [4.78, 5) is 12.6. The van der Waals surface area contributed by atoms with E-state index in [-0.39, 0.29) is 23.9 Å². The second kappa shape index (κ2) is 7.51. The zero-order valence-electron chi connectivity index (χ0n) is 17.4. The first-order valence-corrected chi connectivity index (χ1v) is 11.0. The van der Waals surface area contributed by atoms with Gasteiger partial charge in [-0.25, -0.2) is 0 Å². The molecule has 0 amide bonds. The monoisotopic (exact) mass is 400 g/mol. The van der Waals surface area contributed by atoms with Gasteiger partial charge in [-0.3, -0.25) is 9.89 Å². The molecular formula is C26H28N2O2. The molecule has 1 aromatic heterocycles. The third-order valence-corrected chi connectivity index (χ3v) is 7.44. The molecule has 1 heterocycles. The van der Waals surface area contributed by atoms with Crippen molar-refractivity contribution < 1.29 is 9.90 Å². The zero-order valence-corrected chi connectivity index (χ0v) is 17.4. The van der Waals surface area contributed by atoms with Gasteiger partial charge in [0, 0.05) is 29.9 Å². The summed E-state index contributed by atoms with van der Waals surface area (Å²) in [5.41, 5.74) is 6.88. The van der Waals surface area contributed by atoms with Crippen LogP contribution in [0.1, 0.15) is 48.6 Å². The quantitative estimate of drug-likeness (QED) is 0.680. The van der Waals surface area contributed by atoms with Crippen LogP contribution in [0.2, 0.25) is 0 Å². The molecule has 0 unspecified atom stereocenters. The molecule has 0 aliphatic heterocycles. The number of ketones is 1. The average molecular weight is 401 g/mol. The van der Waals surface area contributed by atoms with Crippen LogP contribution in [0, 0.1) is 11.8 Å². The Morgan fingerprint density at radius 2 is 1.87 bits per heavy atom. The summed E-state index contributed by atoms with van der Waals surface area (Å²) in [7, 11) is 0. The number of rotatable bonds is 4. The number of carbonyl (C=O) groups is 1. The Hall–Kier alpha value is -2.72. The molecule has 2 aliphatic rings. The highest BCUT2D eigenvalue weighted by Crippen LogP contribution is 2.55. The molecular weight excluding hydrogens is 372 g/mol. The maximum absolute atomic E-state index is 12.6. The Morgan fingerprint density at radius 1 is 1.10 bits per heavy atom. The van der Waals surface area contributed by atoms with E-state index in [1.54, 1.807) is 0 Å². The predicted molar refractivity (Wildman–Crippen MR) is 117 cm³/mol. The number of aromatic nitrogens is 2. The first-order chi connectivity index (χ1) is 14.6. The van der Waals surface area contributed by atoms with E-state index in [4.69, 9.17) is 5.10 Å². The molecule has 1 fully saturated rings. The van der Waals surface area contributed by atoms with Gasteiger partial charge in [-0.05, 0) is 48.3 Å². The number of nitrogens with one attached hydrogen (secondary N) is 1. The minimum atomic E-state index is -0.201. The van der Waals surface area contributed by atoms with E-state index in [0.717, 1.165) is 41.8 Å². The fourth-order valence-electron chi connectivity index (χ4n) is 5.89. The van der Waals surface area contributed by atoms with E-state index in [1.807, 2.05) is 0 Å². The van der Waals surface area contributed by atoms with Crippen LogP contribution in [-0.4, -0.2) is 27.7 Å². The summed E-state index contributed by atoms with van der Waals surface area (Å²) >= 11 is 0. The highest BCUT2D eigenvalue weighted by atomic mass is 16.2. The molecule has 4 nitrogen and oxygen atoms in total. The third kappa shape index (κ3) is 2.85. The van der Waals surface area contributed by atoms with E-state index >= 15 is 0 Å². The van der Waals surface area contributed by atoms with Gasteiger partial charge in [-0.2, -0.15) is 5.10 Å². The Bertz CT molecular complexity index is 1050. The first-order valence-electron chi connectivity index (χ1n) is 11.0. The number of aliphatic hydroxyl groups is 1. The van der Waals surface area contributed by atoms with Gasteiger partial charge < -0.3 is 5.11 Å². The van der Waals surface area contributed by atoms with Crippen LogP contribution < -0.4 is 0 Å². The molecule has 30 heavy (non-hydrogen) atoms. The number of benzene rings is 2. The summed E-state index contributed by atoms with van der Waals surface area (Å²) in [5, 5.41) is 17.4. The number of carbonyl (C=O) groups excluding carboxylic acids is 1. The van der Waals surface area contributed by atoms with Crippen LogP contribution in [0.3, 0.4) is 0 Å². The standard InChI is InChI=1S/C26H28N2O2/c1-17-22-12-11-21-24(19-9-7-18(8-10-19)14-16-29)27-28-25(21)26(22,15-13-23(17)30)20-5-3-2-4-6-20/h2-10,17,22,29H,11-16H2,1H3,(H,27,28)/t17-,22-,26+/m0/s1. The van der Waals surface area contributed by atoms with Gasteiger partial charge >= 0.3 is 0 Å². The molecule has 3 atom stereocenters. The van der Waals surface area contributed by atoms with Crippen molar-refractivity contribution in [1.29, 1.82) is 0 Å². The third-order valence-electron chi connectivity index (χ3n) is 7.44. The minimum Gasteiger partial charge on any atom is -0.396 e. The second-order valence-electron chi connectivity index (χ2n) is 8.83.